The Kier molecular flexibility index (Phi) is 6.89. The number of aliphatic hydroxyl groups excluding tert-OH is 1. The van der Waals surface area contributed by atoms with E-state index in [9.17, 15) is 5.11 Å². The molecule has 2 unspecified atom stereocenters. The zero-order valence-corrected chi connectivity index (χ0v) is 13.1. The smallest absolute Gasteiger partial charge is 0.0564 e. The molecule has 1 aromatic carbocycles. The summed E-state index contributed by atoms with van der Waals surface area (Å²) in [5.41, 5.74) is 1.14. The van der Waals surface area contributed by atoms with E-state index >= 15 is 0 Å². The Labute approximate surface area is 120 Å². The molecule has 0 aliphatic heterocycles. The maximum atomic E-state index is 9.19. The predicted octanol–water partition coefficient (Wildman–Crippen LogP) is 3.30. The number of aliphatic hydroxyl groups is 1. The highest BCUT2D eigenvalue weighted by atomic mass is 79.9. The van der Waals surface area contributed by atoms with Crippen molar-refractivity contribution < 1.29 is 5.11 Å². The molecule has 1 aromatic rings. The molecule has 2 nitrogen and oxygen atoms in total. The van der Waals surface area contributed by atoms with Gasteiger partial charge in [0.05, 0.1) is 11.6 Å². The summed E-state index contributed by atoms with van der Waals surface area (Å²) in [6, 6.07) is 6.18. The summed E-state index contributed by atoms with van der Waals surface area (Å²) >= 11 is 11.1. The van der Waals surface area contributed by atoms with Crippen LogP contribution in [0.2, 0.25) is 5.02 Å². The van der Waals surface area contributed by atoms with Crippen molar-refractivity contribution in [2.24, 2.45) is 0 Å². The van der Waals surface area contributed by atoms with Gasteiger partial charge >= 0.3 is 0 Å². The highest BCUT2D eigenvalue weighted by Crippen LogP contribution is 2.23. The van der Waals surface area contributed by atoms with Gasteiger partial charge in [-0.2, -0.15) is 11.8 Å². The number of nitrogens with one attached hydrogen (secondary N) is 1. The fourth-order valence-corrected chi connectivity index (χ4v) is 2.60. The van der Waals surface area contributed by atoms with Gasteiger partial charge in [0.1, 0.15) is 0 Å². The zero-order chi connectivity index (χ0) is 12.8. The predicted molar refractivity (Wildman–Crippen MR) is 79.8 cm³/mol. The van der Waals surface area contributed by atoms with Crippen LogP contribution < -0.4 is 5.32 Å². The van der Waals surface area contributed by atoms with Crippen molar-refractivity contribution in [3.63, 3.8) is 0 Å². The molecule has 17 heavy (non-hydrogen) atoms. The molecule has 0 aromatic heterocycles. The summed E-state index contributed by atoms with van der Waals surface area (Å²) in [6.45, 7) is 3.03. The lowest BCUT2D eigenvalue weighted by Crippen LogP contribution is -2.37. The molecule has 2 atom stereocenters. The van der Waals surface area contributed by atoms with E-state index in [1.807, 2.05) is 24.5 Å². The van der Waals surface area contributed by atoms with Gasteiger partial charge in [0.2, 0.25) is 0 Å². The maximum Gasteiger partial charge on any atom is 0.0564 e. The molecule has 96 valence electrons. The van der Waals surface area contributed by atoms with Gasteiger partial charge in [0, 0.05) is 22.3 Å². The fraction of sp³-hybridized carbons (Fsp3) is 0.500. The van der Waals surface area contributed by atoms with E-state index in [1.165, 1.54) is 0 Å². The van der Waals surface area contributed by atoms with Crippen molar-refractivity contribution in [2.45, 2.75) is 24.8 Å². The summed E-state index contributed by atoms with van der Waals surface area (Å²) in [4.78, 5) is 0. The third-order valence-corrected chi connectivity index (χ3v) is 5.05. The van der Waals surface area contributed by atoms with E-state index in [2.05, 4.69) is 28.2 Å². The summed E-state index contributed by atoms with van der Waals surface area (Å²) < 4.78 is 0.910. The second kappa shape index (κ2) is 7.64. The maximum absolute atomic E-state index is 9.19. The zero-order valence-electron chi connectivity index (χ0n) is 9.91. The Bertz CT molecular complexity index is 360. The van der Waals surface area contributed by atoms with Gasteiger partial charge in [-0.15, -0.1) is 0 Å². The average Bonchev–Trinajstić information content (AvgIpc) is 2.32. The summed E-state index contributed by atoms with van der Waals surface area (Å²) in [5, 5.41) is 13.5. The van der Waals surface area contributed by atoms with Crippen molar-refractivity contribution in [3.05, 3.63) is 33.3 Å². The van der Waals surface area contributed by atoms with Crippen LogP contribution >= 0.6 is 39.3 Å². The number of rotatable bonds is 6. The van der Waals surface area contributed by atoms with E-state index in [0.717, 1.165) is 21.6 Å². The number of hydrogen-bond donors (Lipinski definition) is 2. The molecule has 0 spiro atoms. The van der Waals surface area contributed by atoms with Gasteiger partial charge in [-0.3, -0.25) is 0 Å². The van der Waals surface area contributed by atoms with Gasteiger partial charge in [-0.25, -0.2) is 0 Å². The van der Waals surface area contributed by atoms with Crippen LogP contribution in [0.15, 0.2) is 22.7 Å². The highest BCUT2D eigenvalue weighted by molar-refractivity contribution is 9.10. The van der Waals surface area contributed by atoms with Crippen molar-refractivity contribution in [3.8, 4) is 0 Å². The van der Waals surface area contributed by atoms with Gasteiger partial charge in [-0.05, 0) is 46.8 Å². The second-order valence-electron chi connectivity index (χ2n) is 3.87. The highest BCUT2D eigenvalue weighted by Gasteiger charge is 2.14. The number of thioether (sulfide) groups is 1. The topological polar surface area (TPSA) is 32.3 Å². The fourth-order valence-electron chi connectivity index (χ4n) is 1.50. The average molecular weight is 339 g/mol. The molecule has 0 heterocycles. The molecule has 1 rings (SSSR count). The number of benzene rings is 1. The van der Waals surface area contributed by atoms with E-state index in [0.29, 0.717) is 0 Å². The molecule has 0 aliphatic rings. The van der Waals surface area contributed by atoms with E-state index in [4.69, 9.17) is 11.6 Å². The van der Waals surface area contributed by atoms with Crippen LogP contribution in [0.5, 0.6) is 0 Å². The molecule has 0 bridgehead atoms. The van der Waals surface area contributed by atoms with Crippen molar-refractivity contribution >= 4 is 39.3 Å². The van der Waals surface area contributed by atoms with Crippen LogP contribution in [0, 0.1) is 0 Å². The first-order chi connectivity index (χ1) is 8.08. The van der Waals surface area contributed by atoms with E-state index in [-0.39, 0.29) is 17.9 Å². The minimum atomic E-state index is 0.191. The normalized spacial score (nSPS) is 14.6. The molecule has 0 amide bonds. The summed E-state index contributed by atoms with van der Waals surface area (Å²) in [5.74, 6) is 0. The Morgan fingerprint density at radius 1 is 1.53 bits per heavy atom. The lowest BCUT2D eigenvalue weighted by molar-refractivity contribution is 0.276. The van der Waals surface area contributed by atoms with Crippen LogP contribution in [-0.4, -0.2) is 29.3 Å². The standard InChI is InChI=1S/C12H17BrClNOS/c1-8(12(7-16)17-2)15-6-9-3-4-10(13)11(14)5-9/h3-5,8,12,15-16H,6-7H2,1-2H3. The Morgan fingerprint density at radius 3 is 2.76 bits per heavy atom. The van der Waals surface area contributed by atoms with Gasteiger partial charge in [0.15, 0.2) is 0 Å². The first-order valence-electron chi connectivity index (χ1n) is 5.39. The van der Waals surface area contributed by atoms with E-state index in [1.54, 1.807) is 11.8 Å². The number of halogens is 2. The van der Waals surface area contributed by atoms with Gasteiger partial charge in [0.25, 0.3) is 0 Å². The Hall–Kier alpha value is 0.260. The minimum Gasteiger partial charge on any atom is -0.395 e. The first kappa shape index (κ1) is 15.3. The van der Waals surface area contributed by atoms with Crippen LogP contribution in [0.3, 0.4) is 0 Å². The molecular formula is C12H17BrClNOS. The van der Waals surface area contributed by atoms with Crippen molar-refractivity contribution in [1.82, 2.24) is 5.32 Å². The minimum absolute atomic E-state index is 0.191. The van der Waals surface area contributed by atoms with Crippen LogP contribution in [0.1, 0.15) is 12.5 Å². The molecule has 0 radical (unpaired) electrons. The van der Waals surface area contributed by atoms with Gasteiger partial charge < -0.3 is 10.4 Å². The third kappa shape index (κ3) is 4.79. The third-order valence-electron chi connectivity index (χ3n) is 2.65. The molecular weight excluding hydrogens is 322 g/mol. The van der Waals surface area contributed by atoms with Crippen LogP contribution in [0.4, 0.5) is 0 Å². The van der Waals surface area contributed by atoms with E-state index < -0.39 is 0 Å². The van der Waals surface area contributed by atoms with Gasteiger partial charge in [-0.1, -0.05) is 17.7 Å². The molecule has 5 heteroatoms. The Morgan fingerprint density at radius 2 is 2.24 bits per heavy atom. The largest absolute Gasteiger partial charge is 0.395 e. The molecule has 0 saturated heterocycles. The summed E-state index contributed by atoms with van der Waals surface area (Å²) in [7, 11) is 0. The van der Waals surface area contributed by atoms with Crippen LogP contribution in [0.25, 0.3) is 0 Å². The van der Waals surface area contributed by atoms with Crippen LogP contribution in [-0.2, 0) is 6.54 Å². The molecule has 0 saturated carbocycles. The second-order valence-corrected chi connectivity index (χ2v) is 6.21. The first-order valence-corrected chi connectivity index (χ1v) is 7.85. The van der Waals surface area contributed by atoms with Crippen molar-refractivity contribution in [1.29, 1.82) is 0 Å². The SMILES string of the molecule is CSC(CO)C(C)NCc1ccc(Br)c(Cl)c1. The molecule has 2 N–H and O–H groups in total. The monoisotopic (exact) mass is 337 g/mol. The Balaban J connectivity index is 2.52. The summed E-state index contributed by atoms with van der Waals surface area (Å²) in [6.07, 6.45) is 2.01. The quantitative estimate of drug-likeness (QED) is 0.834. The molecule has 0 aliphatic carbocycles. The number of hydrogen-bond acceptors (Lipinski definition) is 3. The van der Waals surface area contributed by atoms with Crippen molar-refractivity contribution in [2.75, 3.05) is 12.9 Å². The molecule has 0 fully saturated rings. The lowest BCUT2D eigenvalue weighted by atomic mass is 10.2. The lowest BCUT2D eigenvalue weighted by Gasteiger charge is -2.21.